The zero-order valence-electron chi connectivity index (χ0n) is 18.6. The van der Waals surface area contributed by atoms with Crippen molar-refractivity contribution in [3.63, 3.8) is 0 Å². The molecular weight excluding hydrogens is 388 g/mol. The SMILES string of the molecule is CN(C)C(=O)CN=C(NCC1CCOC1)NCC(Cc1ccccc1)c1ccccc1. The molecule has 2 N–H and O–H groups in total. The highest BCUT2D eigenvalue weighted by atomic mass is 16.5. The lowest BCUT2D eigenvalue weighted by Crippen LogP contribution is -2.42. The summed E-state index contributed by atoms with van der Waals surface area (Å²) in [5, 5.41) is 6.90. The molecule has 1 aliphatic rings. The number of nitrogens with zero attached hydrogens (tertiary/aromatic N) is 2. The zero-order valence-corrected chi connectivity index (χ0v) is 18.6. The van der Waals surface area contributed by atoms with Crippen molar-refractivity contribution in [1.29, 1.82) is 0 Å². The molecule has 1 aliphatic heterocycles. The van der Waals surface area contributed by atoms with E-state index in [2.05, 4.69) is 64.2 Å². The Morgan fingerprint density at radius 1 is 1.10 bits per heavy atom. The monoisotopic (exact) mass is 422 g/mol. The van der Waals surface area contributed by atoms with Gasteiger partial charge in [0.25, 0.3) is 0 Å². The van der Waals surface area contributed by atoms with Gasteiger partial charge in [-0.1, -0.05) is 60.7 Å². The maximum Gasteiger partial charge on any atom is 0.243 e. The molecule has 2 aromatic rings. The third-order valence-electron chi connectivity index (χ3n) is 5.57. The van der Waals surface area contributed by atoms with Crippen LogP contribution in [-0.4, -0.2) is 63.7 Å². The Kier molecular flexibility index (Phi) is 8.91. The lowest BCUT2D eigenvalue weighted by Gasteiger charge is -2.21. The van der Waals surface area contributed by atoms with Gasteiger partial charge in [0, 0.05) is 45.6 Å². The number of guanidine groups is 1. The largest absolute Gasteiger partial charge is 0.381 e. The average molecular weight is 423 g/mol. The summed E-state index contributed by atoms with van der Waals surface area (Å²) in [6.45, 7) is 3.23. The second-order valence-electron chi connectivity index (χ2n) is 8.24. The summed E-state index contributed by atoms with van der Waals surface area (Å²) in [7, 11) is 3.50. The molecule has 0 radical (unpaired) electrons. The third kappa shape index (κ3) is 7.72. The minimum atomic E-state index is -0.0193. The van der Waals surface area contributed by atoms with Gasteiger partial charge in [-0.05, 0) is 24.0 Å². The van der Waals surface area contributed by atoms with Gasteiger partial charge in [0.15, 0.2) is 5.96 Å². The van der Waals surface area contributed by atoms with Gasteiger partial charge in [-0.2, -0.15) is 0 Å². The number of hydrogen-bond acceptors (Lipinski definition) is 3. The lowest BCUT2D eigenvalue weighted by atomic mass is 9.92. The summed E-state index contributed by atoms with van der Waals surface area (Å²) in [6, 6.07) is 21.1. The summed E-state index contributed by atoms with van der Waals surface area (Å²) in [4.78, 5) is 18.2. The number of benzene rings is 2. The molecule has 1 saturated heterocycles. The van der Waals surface area contributed by atoms with Crippen LogP contribution < -0.4 is 10.6 Å². The summed E-state index contributed by atoms with van der Waals surface area (Å²) < 4.78 is 5.48. The van der Waals surface area contributed by atoms with Crippen LogP contribution in [0.1, 0.15) is 23.5 Å². The quantitative estimate of drug-likeness (QED) is 0.482. The second kappa shape index (κ2) is 12.1. The summed E-state index contributed by atoms with van der Waals surface area (Å²) >= 11 is 0. The Bertz CT molecular complexity index is 818. The predicted molar refractivity (Wildman–Crippen MR) is 125 cm³/mol. The number of carbonyl (C=O) groups is 1. The summed E-state index contributed by atoms with van der Waals surface area (Å²) in [5.41, 5.74) is 2.59. The van der Waals surface area contributed by atoms with Crippen molar-refractivity contribution in [3.05, 3.63) is 71.8 Å². The van der Waals surface area contributed by atoms with E-state index in [0.29, 0.717) is 11.9 Å². The smallest absolute Gasteiger partial charge is 0.243 e. The molecule has 31 heavy (non-hydrogen) atoms. The van der Waals surface area contributed by atoms with Gasteiger partial charge in [-0.15, -0.1) is 0 Å². The molecule has 1 fully saturated rings. The minimum absolute atomic E-state index is 0.0193. The lowest BCUT2D eigenvalue weighted by molar-refractivity contribution is -0.127. The predicted octanol–water partition coefficient (Wildman–Crippen LogP) is 2.67. The third-order valence-corrected chi connectivity index (χ3v) is 5.57. The Morgan fingerprint density at radius 2 is 1.81 bits per heavy atom. The van der Waals surface area contributed by atoms with Crippen LogP contribution in [0.25, 0.3) is 0 Å². The van der Waals surface area contributed by atoms with Gasteiger partial charge in [0.2, 0.25) is 5.91 Å². The first kappa shape index (κ1) is 22.8. The second-order valence-corrected chi connectivity index (χ2v) is 8.24. The van der Waals surface area contributed by atoms with E-state index in [1.807, 2.05) is 12.1 Å². The van der Waals surface area contributed by atoms with Gasteiger partial charge in [0.05, 0.1) is 6.61 Å². The summed E-state index contributed by atoms with van der Waals surface area (Å²) in [6.07, 6.45) is 1.98. The number of aliphatic imine (C=N–C) groups is 1. The highest BCUT2D eigenvalue weighted by Crippen LogP contribution is 2.20. The van der Waals surface area contributed by atoms with Gasteiger partial charge < -0.3 is 20.3 Å². The van der Waals surface area contributed by atoms with Crippen molar-refractivity contribution in [3.8, 4) is 0 Å². The summed E-state index contributed by atoms with van der Waals surface area (Å²) in [5.74, 6) is 1.42. The number of likely N-dealkylation sites (N-methyl/N-ethyl adjacent to an activating group) is 1. The topological polar surface area (TPSA) is 66.0 Å². The van der Waals surface area contributed by atoms with E-state index in [4.69, 9.17) is 4.74 Å². The molecular formula is C25H34N4O2. The van der Waals surface area contributed by atoms with E-state index in [-0.39, 0.29) is 18.4 Å². The van der Waals surface area contributed by atoms with Gasteiger partial charge in [-0.3, -0.25) is 4.79 Å². The molecule has 6 heteroatoms. The minimum Gasteiger partial charge on any atom is -0.381 e. The normalized spacial score (nSPS) is 17.2. The molecule has 0 aliphatic carbocycles. The fraction of sp³-hybridized carbons (Fsp3) is 0.440. The first-order valence-corrected chi connectivity index (χ1v) is 11.0. The molecule has 0 bridgehead atoms. The van der Waals surface area contributed by atoms with Crippen molar-refractivity contribution in [1.82, 2.24) is 15.5 Å². The van der Waals surface area contributed by atoms with Crippen LogP contribution in [0.3, 0.4) is 0 Å². The van der Waals surface area contributed by atoms with Gasteiger partial charge in [-0.25, -0.2) is 4.99 Å². The average Bonchev–Trinajstić information content (AvgIpc) is 3.32. The Morgan fingerprint density at radius 3 is 2.45 bits per heavy atom. The van der Waals surface area contributed by atoms with E-state index in [0.717, 1.165) is 39.1 Å². The van der Waals surface area contributed by atoms with Crippen molar-refractivity contribution >= 4 is 11.9 Å². The molecule has 1 heterocycles. The van der Waals surface area contributed by atoms with Crippen molar-refractivity contribution in [2.24, 2.45) is 10.9 Å². The van der Waals surface area contributed by atoms with Gasteiger partial charge in [0.1, 0.15) is 6.54 Å². The molecule has 1 amide bonds. The highest BCUT2D eigenvalue weighted by Gasteiger charge is 2.17. The molecule has 6 nitrogen and oxygen atoms in total. The number of carbonyl (C=O) groups excluding carboxylic acids is 1. The van der Waals surface area contributed by atoms with Crippen LogP contribution >= 0.6 is 0 Å². The molecule has 2 aromatic carbocycles. The molecule has 2 unspecified atom stereocenters. The highest BCUT2D eigenvalue weighted by molar-refractivity contribution is 5.84. The van der Waals surface area contributed by atoms with E-state index in [9.17, 15) is 4.79 Å². The molecule has 0 saturated carbocycles. The molecule has 0 aromatic heterocycles. The van der Waals surface area contributed by atoms with Crippen LogP contribution in [0.4, 0.5) is 0 Å². The van der Waals surface area contributed by atoms with E-state index in [1.165, 1.54) is 11.1 Å². The molecule has 0 spiro atoms. The van der Waals surface area contributed by atoms with Crippen LogP contribution in [0.2, 0.25) is 0 Å². The number of rotatable bonds is 9. The fourth-order valence-corrected chi connectivity index (χ4v) is 3.60. The first-order valence-electron chi connectivity index (χ1n) is 11.0. The Labute approximate surface area is 185 Å². The number of hydrogen-bond donors (Lipinski definition) is 2. The van der Waals surface area contributed by atoms with E-state index >= 15 is 0 Å². The van der Waals surface area contributed by atoms with Crippen molar-refractivity contribution < 1.29 is 9.53 Å². The number of nitrogens with one attached hydrogen (secondary N) is 2. The molecule has 166 valence electrons. The number of amides is 1. The maximum atomic E-state index is 12.1. The van der Waals surface area contributed by atoms with Crippen LogP contribution in [0, 0.1) is 5.92 Å². The Balaban J connectivity index is 1.68. The van der Waals surface area contributed by atoms with Crippen LogP contribution in [-0.2, 0) is 16.0 Å². The van der Waals surface area contributed by atoms with Crippen molar-refractivity contribution in [2.45, 2.75) is 18.8 Å². The van der Waals surface area contributed by atoms with Gasteiger partial charge >= 0.3 is 0 Å². The molecule has 3 rings (SSSR count). The van der Waals surface area contributed by atoms with Crippen molar-refractivity contribution in [2.75, 3.05) is 46.9 Å². The first-order chi connectivity index (χ1) is 15.1. The Hall–Kier alpha value is -2.86. The van der Waals surface area contributed by atoms with E-state index < -0.39 is 0 Å². The van der Waals surface area contributed by atoms with E-state index in [1.54, 1.807) is 19.0 Å². The molecule has 2 atom stereocenters. The standard InChI is InChI=1S/C25H34N4O2/c1-29(2)24(30)18-28-25(26-16-21-13-14-31-19-21)27-17-23(22-11-7-4-8-12-22)15-20-9-5-3-6-10-20/h3-12,21,23H,13-19H2,1-2H3,(H2,26,27,28). The fourth-order valence-electron chi connectivity index (χ4n) is 3.60. The van der Waals surface area contributed by atoms with Crippen LogP contribution in [0.15, 0.2) is 65.7 Å². The maximum absolute atomic E-state index is 12.1. The van der Waals surface area contributed by atoms with Crippen LogP contribution in [0.5, 0.6) is 0 Å². The number of ether oxygens (including phenoxy) is 1. The zero-order chi connectivity index (χ0) is 21.9.